The standard InChI is InChI=1S/C10H12N2O5/c1-16-7-4-6(5-13)17-9(7)12-3-2-8(14)11-10(12)15/h2-3,5-7,9H,4H2,1H3,(H,11,14,15)/t6-,7+,9+/m0/s1. The second-order valence-electron chi connectivity index (χ2n) is 3.73. The Morgan fingerprint density at radius 1 is 1.59 bits per heavy atom. The molecule has 92 valence electrons. The number of carbonyl (C=O) groups is 1. The molecule has 2 heterocycles. The summed E-state index contributed by atoms with van der Waals surface area (Å²) in [5, 5.41) is 0. The molecule has 1 N–H and O–H groups in total. The fourth-order valence-electron chi connectivity index (χ4n) is 1.84. The van der Waals surface area contributed by atoms with E-state index >= 15 is 0 Å². The highest BCUT2D eigenvalue weighted by Crippen LogP contribution is 2.28. The quantitative estimate of drug-likeness (QED) is 0.687. The maximum absolute atomic E-state index is 11.6. The molecule has 1 fully saturated rings. The van der Waals surface area contributed by atoms with Gasteiger partial charge in [0, 0.05) is 25.8 Å². The van der Waals surface area contributed by atoms with Gasteiger partial charge in [0.15, 0.2) is 6.23 Å². The van der Waals surface area contributed by atoms with Gasteiger partial charge in [-0.25, -0.2) is 4.79 Å². The van der Waals surface area contributed by atoms with Crippen LogP contribution in [0.4, 0.5) is 0 Å². The van der Waals surface area contributed by atoms with Gasteiger partial charge in [-0.15, -0.1) is 0 Å². The first-order valence-corrected chi connectivity index (χ1v) is 5.10. The molecule has 17 heavy (non-hydrogen) atoms. The van der Waals surface area contributed by atoms with Crippen molar-refractivity contribution in [2.75, 3.05) is 7.11 Å². The minimum atomic E-state index is -0.695. The van der Waals surface area contributed by atoms with Gasteiger partial charge in [0.2, 0.25) is 0 Å². The van der Waals surface area contributed by atoms with Crippen LogP contribution >= 0.6 is 0 Å². The molecule has 3 atom stereocenters. The number of aromatic amines is 1. The monoisotopic (exact) mass is 240 g/mol. The predicted molar refractivity (Wildman–Crippen MR) is 56.7 cm³/mol. The molecule has 0 saturated carbocycles. The van der Waals surface area contributed by atoms with E-state index in [0.29, 0.717) is 12.7 Å². The van der Waals surface area contributed by atoms with E-state index in [-0.39, 0.29) is 0 Å². The van der Waals surface area contributed by atoms with E-state index in [1.165, 1.54) is 23.9 Å². The Morgan fingerprint density at radius 2 is 2.35 bits per heavy atom. The zero-order chi connectivity index (χ0) is 12.4. The molecule has 0 amide bonds. The molecule has 7 heteroatoms. The van der Waals surface area contributed by atoms with Gasteiger partial charge in [-0.3, -0.25) is 14.3 Å². The van der Waals surface area contributed by atoms with Crippen LogP contribution in [0.15, 0.2) is 21.9 Å². The number of nitrogens with one attached hydrogen (secondary N) is 1. The molecular weight excluding hydrogens is 228 g/mol. The van der Waals surface area contributed by atoms with Crippen LogP contribution in [0.5, 0.6) is 0 Å². The molecule has 0 radical (unpaired) electrons. The Labute approximate surface area is 96.0 Å². The number of rotatable bonds is 3. The van der Waals surface area contributed by atoms with Crippen molar-refractivity contribution in [1.29, 1.82) is 0 Å². The zero-order valence-corrected chi connectivity index (χ0v) is 9.16. The second kappa shape index (κ2) is 4.64. The first-order chi connectivity index (χ1) is 8.15. The lowest BCUT2D eigenvalue weighted by Crippen LogP contribution is -2.35. The highest BCUT2D eigenvalue weighted by molar-refractivity contribution is 5.56. The van der Waals surface area contributed by atoms with Crippen LogP contribution in [0.2, 0.25) is 0 Å². The highest BCUT2D eigenvalue weighted by atomic mass is 16.6. The molecular formula is C10H12N2O5. The van der Waals surface area contributed by atoms with E-state index in [1.807, 2.05) is 0 Å². The van der Waals surface area contributed by atoms with Gasteiger partial charge in [-0.05, 0) is 0 Å². The molecule has 1 saturated heterocycles. The van der Waals surface area contributed by atoms with Crippen LogP contribution in [0, 0.1) is 0 Å². The second-order valence-corrected chi connectivity index (χ2v) is 3.73. The van der Waals surface area contributed by atoms with Crippen molar-refractivity contribution in [3.05, 3.63) is 33.1 Å². The summed E-state index contributed by atoms with van der Waals surface area (Å²) in [7, 11) is 1.48. The van der Waals surface area contributed by atoms with Gasteiger partial charge in [-0.1, -0.05) is 0 Å². The van der Waals surface area contributed by atoms with Gasteiger partial charge < -0.3 is 14.3 Å². The Bertz CT molecular complexity index is 520. The summed E-state index contributed by atoms with van der Waals surface area (Å²) in [6.07, 6.45) is 0.696. The third-order valence-electron chi connectivity index (χ3n) is 2.68. The topological polar surface area (TPSA) is 90.4 Å². The minimum Gasteiger partial charge on any atom is -0.377 e. The number of ether oxygens (including phenoxy) is 2. The lowest BCUT2D eigenvalue weighted by atomic mass is 10.2. The van der Waals surface area contributed by atoms with Crippen LogP contribution < -0.4 is 11.2 Å². The van der Waals surface area contributed by atoms with Crippen molar-refractivity contribution >= 4 is 6.29 Å². The minimum absolute atomic E-state index is 0.385. The van der Waals surface area contributed by atoms with Gasteiger partial charge >= 0.3 is 5.69 Å². The summed E-state index contributed by atoms with van der Waals surface area (Å²) in [5.41, 5.74) is -1.07. The number of hydrogen-bond donors (Lipinski definition) is 1. The van der Waals surface area contributed by atoms with Crippen LogP contribution in [-0.4, -0.2) is 35.2 Å². The van der Waals surface area contributed by atoms with E-state index in [9.17, 15) is 14.4 Å². The number of carbonyl (C=O) groups excluding carboxylic acids is 1. The fraction of sp³-hybridized carbons (Fsp3) is 0.500. The average Bonchev–Trinajstić information content (AvgIpc) is 2.72. The summed E-state index contributed by atoms with van der Waals surface area (Å²) in [6.45, 7) is 0. The van der Waals surface area contributed by atoms with Crippen LogP contribution in [0.3, 0.4) is 0 Å². The molecule has 0 unspecified atom stereocenters. The molecule has 1 aromatic heterocycles. The summed E-state index contributed by atoms with van der Waals surface area (Å²) < 4.78 is 11.7. The summed E-state index contributed by atoms with van der Waals surface area (Å²) >= 11 is 0. The molecule has 2 rings (SSSR count). The zero-order valence-electron chi connectivity index (χ0n) is 9.16. The van der Waals surface area contributed by atoms with Crippen molar-refractivity contribution in [3.8, 4) is 0 Å². The molecule has 0 aromatic carbocycles. The van der Waals surface area contributed by atoms with E-state index < -0.39 is 29.7 Å². The van der Waals surface area contributed by atoms with Crippen molar-refractivity contribution in [2.45, 2.75) is 24.9 Å². The Balaban J connectivity index is 2.35. The Hall–Kier alpha value is -1.73. The lowest BCUT2D eigenvalue weighted by Gasteiger charge is -2.18. The first-order valence-electron chi connectivity index (χ1n) is 5.10. The van der Waals surface area contributed by atoms with Crippen molar-refractivity contribution in [2.24, 2.45) is 0 Å². The number of aldehydes is 1. The Kier molecular flexibility index (Phi) is 3.21. The Morgan fingerprint density at radius 3 is 2.94 bits per heavy atom. The van der Waals surface area contributed by atoms with Crippen molar-refractivity contribution in [3.63, 3.8) is 0 Å². The van der Waals surface area contributed by atoms with Gasteiger partial charge in [-0.2, -0.15) is 0 Å². The van der Waals surface area contributed by atoms with Crippen molar-refractivity contribution < 1.29 is 14.3 Å². The first kappa shape index (κ1) is 11.7. The molecule has 7 nitrogen and oxygen atoms in total. The maximum atomic E-state index is 11.6. The van der Waals surface area contributed by atoms with Gasteiger partial charge in [0.25, 0.3) is 5.56 Å². The number of aromatic nitrogens is 2. The van der Waals surface area contributed by atoms with Crippen molar-refractivity contribution in [1.82, 2.24) is 9.55 Å². The number of H-pyrrole nitrogens is 1. The molecule has 1 aliphatic heterocycles. The highest BCUT2D eigenvalue weighted by Gasteiger charge is 2.36. The smallest absolute Gasteiger partial charge is 0.330 e. The number of methoxy groups -OCH3 is 1. The van der Waals surface area contributed by atoms with E-state index in [2.05, 4.69) is 4.98 Å². The number of nitrogens with zero attached hydrogens (tertiary/aromatic N) is 1. The normalized spacial score (nSPS) is 28.2. The molecule has 0 spiro atoms. The molecule has 1 aliphatic rings. The van der Waals surface area contributed by atoms with E-state index in [0.717, 1.165) is 0 Å². The summed E-state index contributed by atoms with van der Waals surface area (Å²) in [5.74, 6) is 0. The van der Waals surface area contributed by atoms with Crippen LogP contribution in [0.25, 0.3) is 0 Å². The van der Waals surface area contributed by atoms with E-state index in [1.54, 1.807) is 0 Å². The van der Waals surface area contributed by atoms with Gasteiger partial charge in [0.1, 0.15) is 18.5 Å². The fourth-order valence-corrected chi connectivity index (χ4v) is 1.84. The average molecular weight is 240 g/mol. The van der Waals surface area contributed by atoms with Gasteiger partial charge in [0.05, 0.1) is 0 Å². The predicted octanol–water partition coefficient (Wildman–Crippen LogP) is -0.962. The third kappa shape index (κ3) is 2.20. The summed E-state index contributed by atoms with van der Waals surface area (Å²) in [4.78, 5) is 35.3. The molecule has 0 bridgehead atoms. The SMILES string of the molecule is CO[C@@H]1C[C@@H](C=O)O[C@H]1n1ccc(=O)[nH]c1=O. The molecule has 0 aliphatic carbocycles. The number of hydrogen-bond acceptors (Lipinski definition) is 5. The maximum Gasteiger partial charge on any atom is 0.330 e. The lowest BCUT2D eigenvalue weighted by molar-refractivity contribution is -0.120. The van der Waals surface area contributed by atoms with Crippen LogP contribution in [-0.2, 0) is 14.3 Å². The molecule has 1 aromatic rings. The largest absolute Gasteiger partial charge is 0.377 e. The summed E-state index contributed by atoms with van der Waals surface area (Å²) in [6, 6.07) is 1.21. The van der Waals surface area contributed by atoms with E-state index in [4.69, 9.17) is 9.47 Å². The third-order valence-corrected chi connectivity index (χ3v) is 2.68. The van der Waals surface area contributed by atoms with Crippen LogP contribution in [0.1, 0.15) is 12.6 Å².